The standard InChI is InChI=1S/C14H8Cl2N2O/c15-9-6-10(16)13-11(7-9)17-14(19)12(18-13)8-4-2-1-3-5-8/h1-7H,(H,17,19). The first-order valence-corrected chi connectivity index (χ1v) is 6.35. The molecule has 0 radical (unpaired) electrons. The van der Waals surface area contributed by atoms with E-state index in [1.54, 1.807) is 12.1 Å². The molecule has 0 atom stereocenters. The Balaban J connectivity index is 2.34. The normalized spacial score (nSPS) is 10.8. The topological polar surface area (TPSA) is 45.8 Å². The summed E-state index contributed by atoms with van der Waals surface area (Å²) in [4.78, 5) is 19.2. The zero-order valence-corrected chi connectivity index (χ0v) is 11.2. The molecule has 0 aliphatic rings. The lowest BCUT2D eigenvalue weighted by molar-refractivity contribution is 1.22. The lowest BCUT2D eigenvalue weighted by Gasteiger charge is -2.04. The van der Waals surface area contributed by atoms with Crippen LogP contribution in [0.2, 0.25) is 10.0 Å². The van der Waals surface area contributed by atoms with Gasteiger partial charge in [-0.25, -0.2) is 4.98 Å². The van der Waals surface area contributed by atoms with Crippen LogP contribution < -0.4 is 5.56 Å². The van der Waals surface area contributed by atoms with Crippen molar-refractivity contribution in [3.63, 3.8) is 0 Å². The Morgan fingerprint density at radius 2 is 1.79 bits per heavy atom. The summed E-state index contributed by atoms with van der Waals surface area (Å²) in [6, 6.07) is 12.5. The number of halogens is 2. The second-order valence-electron chi connectivity index (χ2n) is 4.06. The molecule has 0 amide bonds. The van der Waals surface area contributed by atoms with E-state index in [0.717, 1.165) is 5.56 Å². The van der Waals surface area contributed by atoms with E-state index in [1.807, 2.05) is 30.3 Å². The summed E-state index contributed by atoms with van der Waals surface area (Å²) in [5.74, 6) is 0. The van der Waals surface area contributed by atoms with Crippen molar-refractivity contribution >= 4 is 34.2 Å². The Kier molecular flexibility index (Phi) is 3.01. The third-order valence-electron chi connectivity index (χ3n) is 2.76. The van der Waals surface area contributed by atoms with E-state index >= 15 is 0 Å². The summed E-state index contributed by atoms with van der Waals surface area (Å²) < 4.78 is 0. The molecule has 0 saturated carbocycles. The number of aromatic nitrogens is 2. The fraction of sp³-hybridized carbons (Fsp3) is 0. The van der Waals surface area contributed by atoms with Gasteiger partial charge in [0.15, 0.2) is 0 Å². The van der Waals surface area contributed by atoms with Crippen molar-refractivity contribution < 1.29 is 0 Å². The Hall–Kier alpha value is -1.84. The summed E-state index contributed by atoms with van der Waals surface area (Å²) in [6.07, 6.45) is 0. The molecule has 19 heavy (non-hydrogen) atoms. The molecule has 0 unspecified atom stereocenters. The quantitative estimate of drug-likeness (QED) is 0.739. The van der Waals surface area contributed by atoms with Crippen molar-refractivity contribution in [1.29, 1.82) is 0 Å². The van der Waals surface area contributed by atoms with Crippen LogP contribution in [0.3, 0.4) is 0 Å². The zero-order chi connectivity index (χ0) is 13.4. The Morgan fingerprint density at radius 1 is 1.05 bits per heavy atom. The fourth-order valence-electron chi connectivity index (χ4n) is 1.91. The number of nitrogens with one attached hydrogen (secondary N) is 1. The van der Waals surface area contributed by atoms with Crippen LogP contribution >= 0.6 is 23.2 Å². The fourth-order valence-corrected chi connectivity index (χ4v) is 2.45. The molecular formula is C14H8Cl2N2O. The third-order valence-corrected chi connectivity index (χ3v) is 3.27. The van der Waals surface area contributed by atoms with Crippen molar-refractivity contribution in [2.75, 3.05) is 0 Å². The maximum absolute atomic E-state index is 12.1. The Labute approximate surface area is 118 Å². The predicted molar refractivity (Wildman–Crippen MR) is 77.8 cm³/mol. The van der Waals surface area contributed by atoms with E-state index in [9.17, 15) is 4.79 Å². The minimum absolute atomic E-state index is 0.267. The highest BCUT2D eigenvalue weighted by molar-refractivity contribution is 6.38. The number of H-pyrrole nitrogens is 1. The number of rotatable bonds is 1. The molecule has 0 bridgehead atoms. The van der Waals surface area contributed by atoms with E-state index in [0.29, 0.717) is 26.8 Å². The molecule has 94 valence electrons. The number of benzene rings is 2. The van der Waals surface area contributed by atoms with E-state index < -0.39 is 0 Å². The molecule has 3 aromatic rings. The molecular weight excluding hydrogens is 283 g/mol. The number of hydrogen-bond acceptors (Lipinski definition) is 2. The van der Waals surface area contributed by atoms with Gasteiger partial charge in [-0.05, 0) is 12.1 Å². The Bertz CT molecular complexity index is 813. The highest BCUT2D eigenvalue weighted by atomic mass is 35.5. The molecule has 1 N–H and O–H groups in total. The SMILES string of the molecule is O=c1[nH]c2cc(Cl)cc(Cl)c2nc1-c1ccccc1. The van der Waals surface area contributed by atoms with Gasteiger partial charge in [0.2, 0.25) is 0 Å². The molecule has 0 saturated heterocycles. The van der Waals surface area contributed by atoms with Gasteiger partial charge >= 0.3 is 0 Å². The van der Waals surface area contributed by atoms with Gasteiger partial charge < -0.3 is 4.98 Å². The third kappa shape index (κ3) is 2.23. The van der Waals surface area contributed by atoms with Gasteiger partial charge in [0.25, 0.3) is 5.56 Å². The van der Waals surface area contributed by atoms with Crippen LogP contribution in [0, 0.1) is 0 Å². The maximum Gasteiger partial charge on any atom is 0.274 e. The second-order valence-corrected chi connectivity index (χ2v) is 4.91. The number of hydrogen-bond donors (Lipinski definition) is 1. The first-order valence-electron chi connectivity index (χ1n) is 5.59. The first kappa shape index (κ1) is 12.2. The summed E-state index contributed by atoms with van der Waals surface area (Å²) in [6.45, 7) is 0. The van der Waals surface area contributed by atoms with Crippen LogP contribution in [0.25, 0.3) is 22.3 Å². The average molecular weight is 291 g/mol. The van der Waals surface area contributed by atoms with E-state index in [4.69, 9.17) is 23.2 Å². The largest absolute Gasteiger partial charge is 0.319 e. The minimum Gasteiger partial charge on any atom is -0.319 e. The molecule has 0 aliphatic heterocycles. The maximum atomic E-state index is 12.1. The van der Waals surface area contributed by atoms with E-state index in [2.05, 4.69) is 9.97 Å². The van der Waals surface area contributed by atoms with Crippen LogP contribution in [0.5, 0.6) is 0 Å². The molecule has 1 aromatic heterocycles. The summed E-state index contributed by atoms with van der Waals surface area (Å²) in [5, 5.41) is 0.873. The van der Waals surface area contributed by atoms with Gasteiger partial charge in [-0.15, -0.1) is 0 Å². The van der Waals surface area contributed by atoms with Gasteiger partial charge in [0, 0.05) is 10.6 Å². The molecule has 2 aromatic carbocycles. The van der Waals surface area contributed by atoms with Crippen molar-refractivity contribution in [2.45, 2.75) is 0 Å². The number of aromatic amines is 1. The van der Waals surface area contributed by atoms with Gasteiger partial charge in [-0.2, -0.15) is 0 Å². The average Bonchev–Trinajstić information content (AvgIpc) is 2.38. The van der Waals surface area contributed by atoms with Crippen molar-refractivity contribution in [1.82, 2.24) is 9.97 Å². The van der Waals surface area contributed by atoms with Crippen LogP contribution in [-0.2, 0) is 0 Å². The predicted octanol–water partition coefficient (Wildman–Crippen LogP) is 3.90. The summed E-state index contributed by atoms with van der Waals surface area (Å²) in [5.41, 5.74) is 1.89. The van der Waals surface area contributed by atoms with E-state index in [-0.39, 0.29) is 5.56 Å². The van der Waals surface area contributed by atoms with Crippen molar-refractivity contribution in [3.8, 4) is 11.3 Å². The monoisotopic (exact) mass is 290 g/mol. The summed E-state index contributed by atoms with van der Waals surface area (Å²) >= 11 is 12.0. The van der Waals surface area contributed by atoms with Gasteiger partial charge in [0.1, 0.15) is 11.2 Å². The smallest absolute Gasteiger partial charge is 0.274 e. The Morgan fingerprint density at radius 3 is 2.53 bits per heavy atom. The second kappa shape index (κ2) is 4.68. The molecule has 0 spiro atoms. The molecule has 0 fully saturated rings. The van der Waals surface area contributed by atoms with Crippen LogP contribution in [-0.4, -0.2) is 9.97 Å². The molecule has 5 heteroatoms. The van der Waals surface area contributed by atoms with Gasteiger partial charge in [0.05, 0.1) is 10.5 Å². The molecule has 0 aliphatic carbocycles. The zero-order valence-electron chi connectivity index (χ0n) is 9.65. The molecule has 3 nitrogen and oxygen atoms in total. The molecule has 3 rings (SSSR count). The summed E-state index contributed by atoms with van der Waals surface area (Å²) in [7, 11) is 0. The van der Waals surface area contributed by atoms with Crippen molar-refractivity contribution in [2.24, 2.45) is 0 Å². The lowest BCUT2D eigenvalue weighted by Crippen LogP contribution is -2.11. The number of nitrogens with zero attached hydrogens (tertiary/aromatic N) is 1. The minimum atomic E-state index is -0.267. The van der Waals surface area contributed by atoms with Crippen LogP contribution in [0.15, 0.2) is 47.3 Å². The van der Waals surface area contributed by atoms with E-state index in [1.165, 1.54) is 0 Å². The van der Waals surface area contributed by atoms with Crippen LogP contribution in [0.1, 0.15) is 0 Å². The van der Waals surface area contributed by atoms with Gasteiger partial charge in [-0.1, -0.05) is 53.5 Å². The lowest BCUT2D eigenvalue weighted by atomic mass is 10.1. The highest BCUT2D eigenvalue weighted by Gasteiger charge is 2.10. The van der Waals surface area contributed by atoms with Crippen molar-refractivity contribution in [3.05, 3.63) is 62.9 Å². The number of fused-ring (bicyclic) bond motifs is 1. The molecule has 1 heterocycles. The van der Waals surface area contributed by atoms with Crippen LogP contribution in [0.4, 0.5) is 0 Å². The first-order chi connectivity index (χ1) is 9.15. The highest BCUT2D eigenvalue weighted by Crippen LogP contribution is 2.26. The van der Waals surface area contributed by atoms with Gasteiger partial charge in [-0.3, -0.25) is 4.79 Å².